The Morgan fingerprint density at radius 3 is 3.00 bits per heavy atom. The number of hydrogen-bond donors (Lipinski definition) is 2. The number of rotatable bonds is 6. The third-order valence-corrected chi connectivity index (χ3v) is 2.84. The van der Waals surface area contributed by atoms with Crippen molar-refractivity contribution in [1.82, 2.24) is 5.32 Å². The molecule has 16 heavy (non-hydrogen) atoms. The Hall–Kier alpha value is -0.650. The first-order valence-electron chi connectivity index (χ1n) is 5.72. The minimum atomic E-state index is -0.451. The van der Waals surface area contributed by atoms with Gasteiger partial charge in [-0.25, -0.2) is 0 Å². The molecule has 0 saturated carbocycles. The molecule has 1 aliphatic heterocycles. The molecule has 0 spiro atoms. The van der Waals surface area contributed by atoms with E-state index in [2.05, 4.69) is 5.32 Å². The maximum atomic E-state index is 11.8. The van der Waals surface area contributed by atoms with Gasteiger partial charge in [0.1, 0.15) is 0 Å². The summed E-state index contributed by atoms with van der Waals surface area (Å²) in [6, 6.07) is -0.451. The highest BCUT2D eigenvalue weighted by Gasteiger charge is 2.32. The van der Waals surface area contributed by atoms with Gasteiger partial charge in [0, 0.05) is 20.3 Å². The lowest BCUT2D eigenvalue weighted by molar-refractivity contribution is -0.124. The van der Waals surface area contributed by atoms with Crippen LogP contribution in [0.5, 0.6) is 0 Å². The van der Waals surface area contributed by atoms with Crippen molar-refractivity contribution in [3.8, 4) is 0 Å². The van der Waals surface area contributed by atoms with Gasteiger partial charge in [0.2, 0.25) is 5.91 Å². The summed E-state index contributed by atoms with van der Waals surface area (Å²) in [5, 5.41) is 2.95. The summed E-state index contributed by atoms with van der Waals surface area (Å²) in [5.74, 6) is -0.0934. The Kier molecular flexibility index (Phi) is 5.18. The van der Waals surface area contributed by atoms with Crippen LogP contribution in [0.25, 0.3) is 0 Å². The number of nitrogens with one attached hydrogen (secondary N) is 1. The van der Waals surface area contributed by atoms with Crippen LogP contribution >= 0.6 is 0 Å². The summed E-state index contributed by atoms with van der Waals surface area (Å²) < 4.78 is 10.2. The van der Waals surface area contributed by atoms with E-state index in [1.165, 1.54) is 0 Å². The van der Waals surface area contributed by atoms with E-state index in [0.717, 1.165) is 12.8 Å². The van der Waals surface area contributed by atoms with E-state index >= 15 is 0 Å². The third-order valence-electron chi connectivity index (χ3n) is 2.84. The first kappa shape index (κ1) is 13.4. The zero-order valence-electron chi connectivity index (χ0n) is 10.1. The molecule has 0 aromatic rings. The SMILES string of the molecule is COCCCC(N)C(=O)NC1(C)CCOC1. The molecule has 0 radical (unpaired) electrons. The lowest BCUT2D eigenvalue weighted by Crippen LogP contribution is -2.52. The van der Waals surface area contributed by atoms with Crippen LogP contribution in [0.15, 0.2) is 0 Å². The number of amides is 1. The number of carbonyl (C=O) groups excluding carboxylic acids is 1. The summed E-state index contributed by atoms with van der Waals surface area (Å²) in [7, 11) is 1.64. The average molecular weight is 230 g/mol. The summed E-state index contributed by atoms with van der Waals surface area (Å²) in [6.45, 7) is 3.90. The summed E-state index contributed by atoms with van der Waals surface area (Å²) in [5.41, 5.74) is 5.55. The van der Waals surface area contributed by atoms with Crippen LogP contribution < -0.4 is 11.1 Å². The molecule has 1 amide bonds. The lowest BCUT2D eigenvalue weighted by Gasteiger charge is -2.25. The van der Waals surface area contributed by atoms with Gasteiger partial charge in [-0.2, -0.15) is 0 Å². The molecule has 1 saturated heterocycles. The highest BCUT2D eigenvalue weighted by atomic mass is 16.5. The highest BCUT2D eigenvalue weighted by Crippen LogP contribution is 2.17. The van der Waals surface area contributed by atoms with E-state index in [-0.39, 0.29) is 11.4 Å². The fraction of sp³-hybridized carbons (Fsp3) is 0.909. The maximum Gasteiger partial charge on any atom is 0.237 e. The van der Waals surface area contributed by atoms with E-state index in [9.17, 15) is 4.79 Å². The van der Waals surface area contributed by atoms with Crippen molar-refractivity contribution in [2.45, 2.75) is 37.8 Å². The summed E-state index contributed by atoms with van der Waals surface area (Å²) in [6.07, 6.45) is 2.30. The number of carbonyl (C=O) groups is 1. The van der Waals surface area contributed by atoms with Crippen LogP contribution in [0.1, 0.15) is 26.2 Å². The molecule has 5 heteroatoms. The molecule has 0 aromatic carbocycles. The highest BCUT2D eigenvalue weighted by molar-refractivity contribution is 5.82. The molecule has 1 aliphatic rings. The number of methoxy groups -OCH3 is 1. The van der Waals surface area contributed by atoms with Gasteiger partial charge in [-0.05, 0) is 26.2 Å². The van der Waals surface area contributed by atoms with Crippen LogP contribution in [-0.4, -0.2) is 44.4 Å². The van der Waals surface area contributed by atoms with E-state index in [0.29, 0.717) is 26.2 Å². The fourth-order valence-electron chi connectivity index (χ4n) is 1.73. The predicted octanol–water partition coefficient (Wildman–Crippen LogP) is 0.0355. The minimum absolute atomic E-state index is 0.0934. The second kappa shape index (κ2) is 6.18. The molecule has 2 unspecified atom stereocenters. The van der Waals surface area contributed by atoms with E-state index in [4.69, 9.17) is 15.2 Å². The minimum Gasteiger partial charge on any atom is -0.385 e. The summed E-state index contributed by atoms with van der Waals surface area (Å²) in [4.78, 5) is 11.8. The van der Waals surface area contributed by atoms with Crippen molar-refractivity contribution < 1.29 is 14.3 Å². The quantitative estimate of drug-likeness (QED) is 0.632. The molecular weight excluding hydrogens is 208 g/mol. The second-order valence-electron chi connectivity index (χ2n) is 4.59. The van der Waals surface area contributed by atoms with Crippen molar-refractivity contribution in [2.75, 3.05) is 26.9 Å². The van der Waals surface area contributed by atoms with Crippen molar-refractivity contribution >= 4 is 5.91 Å². The van der Waals surface area contributed by atoms with Gasteiger partial charge in [0.05, 0.1) is 18.2 Å². The first-order valence-corrected chi connectivity index (χ1v) is 5.72. The number of ether oxygens (including phenoxy) is 2. The van der Waals surface area contributed by atoms with Gasteiger partial charge in [-0.3, -0.25) is 4.79 Å². The smallest absolute Gasteiger partial charge is 0.237 e. The third kappa shape index (κ3) is 4.08. The Morgan fingerprint density at radius 1 is 1.69 bits per heavy atom. The molecule has 0 aliphatic carbocycles. The van der Waals surface area contributed by atoms with Crippen molar-refractivity contribution in [2.24, 2.45) is 5.73 Å². The maximum absolute atomic E-state index is 11.8. The van der Waals surface area contributed by atoms with Gasteiger partial charge in [-0.15, -0.1) is 0 Å². The normalized spacial score (nSPS) is 26.7. The molecule has 2 atom stereocenters. The zero-order chi connectivity index (χ0) is 12.0. The lowest BCUT2D eigenvalue weighted by atomic mass is 10.0. The molecule has 1 rings (SSSR count). The molecule has 0 aromatic heterocycles. The Bertz CT molecular complexity index is 227. The number of hydrogen-bond acceptors (Lipinski definition) is 4. The topological polar surface area (TPSA) is 73.6 Å². The predicted molar refractivity (Wildman–Crippen MR) is 61.1 cm³/mol. The molecule has 0 bridgehead atoms. The zero-order valence-corrected chi connectivity index (χ0v) is 10.1. The Morgan fingerprint density at radius 2 is 2.44 bits per heavy atom. The molecule has 1 fully saturated rings. The van der Waals surface area contributed by atoms with Crippen molar-refractivity contribution in [3.05, 3.63) is 0 Å². The first-order chi connectivity index (χ1) is 7.57. The molecular formula is C11H22N2O3. The number of nitrogens with two attached hydrogens (primary N) is 1. The molecule has 5 nitrogen and oxygen atoms in total. The summed E-state index contributed by atoms with van der Waals surface area (Å²) >= 11 is 0. The van der Waals surface area contributed by atoms with Crippen LogP contribution in [-0.2, 0) is 14.3 Å². The second-order valence-corrected chi connectivity index (χ2v) is 4.59. The average Bonchev–Trinajstić information content (AvgIpc) is 2.65. The van der Waals surface area contributed by atoms with E-state index in [1.54, 1.807) is 7.11 Å². The van der Waals surface area contributed by atoms with Gasteiger partial charge >= 0.3 is 0 Å². The fourth-order valence-corrected chi connectivity index (χ4v) is 1.73. The molecule has 3 N–H and O–H groups in total. The standard InChI is InChI=1S/C11H22N2O3/c1-11(5-7-16-8-11)13-10(14)9(12)4-3-6-15-2/h9H,3-8,12H2,1-2H3,(H,13,14). The van der Waals surface area contributed by atoms with Gasteiger partial charge in [0.25, 0.3) is 0 Å². The van der Waals surface area contributed by atoms with Crippen LogP contribution in [0.3, 0.4) is 0 Å². The largest absolute Gasteiger partial charge is 0.385 e. The van der Waals surface area contributed by atoms with Crippen molar-refractivity contribution in [1.29, 1.82) is 0 Å². The molecule has 1 heterocycles. The van der Waals surface area contributed by atoms with Gasteiger partial charge < -0.3 is 20.5 Å². The van der Waals surface area contributed by atoms with Crippen LogP contribution in [0.2, 0.25) is 0 Å². The Labute approximate surface area is 96.7 Å². The van der Waals surface area contributed by atoms with Crippen LogP contribution in [0, 0.1) is 0 Å². The molecule has 94 valence electrons. The monoisotopic (exact) mass is 230 g/mol. The van der Waals surface area contributed by atoms with Gasteiger partial charge in [-0.1, -0.05) is 0 Å². The Balaban J connectivity index is 2.27. The van der Waals surface area contributed by atoms with E-state index in [1.807, 2.05) is 6.92 Å². The van der Waals surface area contributed by atoms with Crippen LogP contribution in [0.4, 0.5) is 0 Å². The van der Waals surface area contributed by atoms with E-state index < -0.39 is 6.04 Å². The van der Waals surface area contributed by atoms with Gasteiger partial charge in [0.15, 0.2) is 0 Å². The van der Waals surface area contributed by atoms with Crippen molar-refractivity contribution in [3.63, 3.8) is 0 Å².